The first-order valence-corrected chi connectivity index (χ1v) is 5.90. The minimum Gasteiger partial charge on any atom is -0.507 e. The van der Waals surface area contributed by atoms with Crippen molar-refractivity contribution in [3.8, 4) is 11.5 Å². The Morgan fingerprint density at radius 1 is 1.06 bits per heavy atom. The van der Waals surface area contributed by atoms with Crippen LogP contribution in [-0.4, -0.2) is 10.2 Å². The molecule has 2 rings (SSSR count). The fourth-order valence-corrected chi connectivity index (χ4v) is 2.57. The van der Waals surface area contributed by atoms with Gasteiger partial charge in [0.2, 0.25) is 0 Å². The van der Waals surface area contributed by atoms with Gasteiger partial charge in [-0.1, -0.05) is 31.9 Å². The Morgan fingerprint density at radius 2 is 1.62 bits per heavy atom. The Kier molecular flexibility index (Phi) is 3.18. The monoisotopic (exact) mass is 218 g/mol. The molecule has 86 valence electrons. The molecule has 0 heterocycles. The average Bonchev–Trinajstić information content (AvgIpc) is 2.29. The summed E-state index contributed by atoms with van der Waals surface area (Å²) >= 11 is 0. The number of hydrogen-bond acceptors (Lipinski definition) is 2. The van der Waals surface area contributed by atoms with E-state index in [-0.39, 0.29) is 11.5 Å². The van der Waals surface area contributed by atoms with Crippen molar-refractivity contribution in [2.24, 2.45) is 0 Å². The van der Waals surface area contributed by atoms with E-state index in [1.54, 1.807) is 18.2 Å². The molecule has 1 aromatic rings. The molecule has 0 bridgehead atoms. The summed E-state index contributed by atoms with van der Waals surface area (Å²) in [5.41, 5.74) is 1.49. The fourth-order valence-electron chi connectivity index (χ4n) is 2.57. The zero-order chi connectivity index (χ0) is 11.5. The third kappa shape index (κ3) is 2.06. The van der Waals surface area contributed by atoms with E-state index >= 15 is 0 Å². The van der Waals surface area contributed by atoms with Crippen molar-refractivity contribution in [2.75, 3.05) is 0 Å². The van der Waals surface area contributed by atoms with E-state index in [4.69, 9.17) is 0 Å². The van der Waals surface area contributed by atoms with Crippen molar-refractivity contribution in [3.63, 3.8) is 0 Å². The Bertz CT molecular complexity index is 367. The molecule has 0 amide bonds. The molecule has 0 unspecified atom stereocenters. The molecule has 16 heavy (non-hydrogen) atoms. The second-order valence-electron chi connectivity index (χ2n) is 4.51. The molecule has 0 aliphatic heterocycles. The van der Waals surface area contributed by atoms with Gasteiger partial charge >= 0.3 is 0 Å². The van der Waals surface area contributed by atoms with Crippen molar-refractivity contribution >= 4 is 6.08 Å². The van der Waals surface area contributed by atoms with Crippen LogP contribution in [0, 0.1) is 0 Å². The van der Waals surface area contributed by atoms with E-state index in [0.29, 0.717) is 5.92 Å². The summed E-state index contributed by atoms with van der Waals surface area (Å²) in [6.07, 6.45) is 7.40. The van der Waals surface area contributed by atoms with Crippen LogP contribution in [0.5, 0.6) is 11.5 Å². The summed E-state index contributed by atoms with van der Waals surface area (Å²) in [7, 11) is 0. The maximum atomic E-state index is 9.95. The lowest BCUT2D eigenvalue weighted by molar-refractivity contribution is 0.389. The summed E-state index contributed by atoms with van der Waals surface area (Å²) in [5.74, 6) is 0.733. The van der Waals surface area contributed by atoms with Gasteiger partial charge < -0.3 is 10.2 Å². The maximum Gasteiger partial charge on any atom is 0.123 e. The van der Waals surface area contributed by atoms with Crippen LogP contribution >= 0.6 is 0 Å². The van der Waals surface area contributed by atoms with Crippen molar-refractivity contribution in [1.29, 1.82) is 0 Å². The van der Waals surface area contributed by atoms with E-state index < -0.39 is 0 Å². The maximum absolute atomic E-state index is 9.95. The van der Waals surface area contributed by atoms with E-state index in [0.717, 1.165) is 24.0 Å². The van der Waals surface area contributed by atoms with Crippen LogP contribution in [0.3, 0.4) is 0 Å². The van der Waals surface area contributed by atoms with E-state index in [9.17, 15) is 10.2 Å². The molecule has 2 nitrogen and oxygen atoms in total. The Balaban J connectivity index is 2.35. The Hall–Kier alpha value is -1.44. The van der Waals surface area contributed by atoms with Gasteiger partial charge in [0.15, 0.2) is 0 Å². The van der Waals surface area contributed by atoms with Crippen molar-refractivity contribution in [1.82, 2.24) is 0 Å². The summed E-state index contributed by atoms with van der Waals surface area (Å²) < 4.78 is 0. The first kappa shape index (κ1) is 11.1. The van der Waals surface area contributed by atoms with Crippen molar-refractivity contribution < 1.29 is 10.2 Å². The number of benzene rings is 1. The molecule has 2 N–H and O–H groups in total. The smallest absolute Gasteiger partial charge is 0.123 e. The van der Waals surface area contributed by atoms with E-state index in [2.05, 4.69) is 6.58 Å². The van der Waals surface area contributed by atoms with Crippen LogP contribution in [0.4, 0.5) is 0 Å². The molecular weight excluding hydrogens is 200 g/mol. The van der Waals surface area contributed by atoms with Crippen LogP contribution in [-0.2, 0) is 0 Å². The lowest BCUT2D eigenvalue weighted by atomic mass is 9.83. The molecule has 0 radical (unpaired) electrons. The van der Waals surface area contributed by atoms with Crippen molar-refractivity contribution in [2.45, 2.75) is 38.0 Å². The molecule has 0 aromatic heterocycles. The molecular formula is C14H18O2. The normalized spacial score (nSPS) is 17.2. The average molecular weight is 218 g/mol. The van der Waals surface area contributed by atoms with E-state index in [1.807, 2.05) is 0 Å². The van der Waals surface area contributed by atoms with Crippen LogP contribution in [0.2, 0.25) is 0 Å². The van der Waals surface area contributed by atoms with Gasteiger partial charge in [0, 0.05) is 5.56 Å². The predicted molar refractivity (Wildman–Crippen MR) is 65.7 cm³/mol. The summed E-state index contributed by atoms with van der Waals surface area (Å²) in [5, 5.41) is 19.9. The zero-order valence-corrected chi connectivity index (χ0v) is 9.45. The van der Waals surface area contributed by atoms with Gasteiger partial charge in [-0.15, -0.1) is 0 Å². The second-order valence-corrected chi connectivity index (χ2v) is 4.51. The fraction of sp³-hybridized carbons (Fsp3) is 0.429. The first-order chi connectivity index (χ1) is 7.72. The Morgan fingerprint density at radius 3 is 2.12 bits per heavy atom. The lowest BCUT2D eigenvalue weighted by Crippen LogP contribution is -2.05. The molecule has 1 aliphatic rings. The predicted octanol–water partition coefficient (Wildman–Crippen LogP) is 3.79. The van der Waals surface area contributed by atoms with Crippen LogP contribution < -0.4 is 0 Å². The molecule has 1 aromatic carbocycles. The number of rotatable bonds is 2. The van der Waals surface area contributed by atoms with Crippen LogP contribution in [0.15, 0.2) is 18.7 Å². The molecule has 1 aliphatic carbocycles. The third-order valence-electron chi connectivity index (χ3n) is 3.41. The summed E-state index contributed by atoms with van der Waals surface area (Å²) in [6, 6.07) is 3.35. The van der Waals surface area contributed by atoms with Gasteiger partial charge in [-0.05, 0) is 36.5 Å². The minimum atomic E-state index is 0.210. The summed E-state index contributed by atoms with van der Waals surface area (Å²) in [6.45, 7) is 3.63. The van der Waals surface area contributed by atoms with E-state index in [1.165, 1.54) is 19.3 Å². The highest BCUT2D eigenvalue weighted by Gasteiger charge is 2.22. The largest absolute Gasteiger partial charge is 0.507 e. The highest BCUT2D eigenvalue weighted by atomic mass is 16.3. The number of phenolic OH excluding ortho intramolecular Hbond substituents is 2. The Labute approximate surface area is 96.2 Å². The molecule has 0 atom stereocenters. The molecule has 0 spiro atoms. The van der Waals surface area contributed by atoms with Gasteiger partial charge in [0.1, 0.15) is 11.5 Å². The van der Waals surface area contributed by atoms with Crippen LogP contribution in [0.1, 0.15) is 49.1 Å². The standard InChI is InChI=1S/C14H18O2/c1-2-10-8-12(15)14(13(16)9-10)11-6-4-3-5-7-11/h2,8-9,11,15-16H,1,3-7H2. The van der Waals surface area contributed by atoms with Gasteiger partial charge in [-0.3, -0.25) is 0 Å². The quantitative estimate of drug-likeness (QED) is 0.792. The first-order valence-electron chi connectivity index (χ1n) is 5.90. The molecule has 1 fully saturated rings. The molecule has 1 saturated carbocycles. The lowest BCUT2D eigenvalue weighted by Gasteiger charge is -2.23. The minimum absolute atomic E-state index is 0.210. The summed E-state index contributed by atoms with van der Waals surface area (Å²) in [4.78, 5) is 0. The highest BCUT2D eigenvalue weighted by molar-refractivity contribution is 5.58. The molecule has 0 saturated heterocycles. The third-order valence-corrected chi connectivity index (χ3v) is 3.41. The second kappa shape index (κ2) is 4.60. The van der Waals surface area contributed by atoms with Crippen molar-refractivity contribution in [3.05, 3.63) is 29.8 Å². The van der Waals surface area contributed by atoms with Crippen LogP contribution in [0.25, 0.3) is 6.08 Å². The zero-order valence-electron chi connectivity index (χ0n) is 9.45. The van der Waals surface area contributed by atoms with Gasteiger partial charge in [0.25, 0.3) is 0 Å². The number of aromatic hydroxyl groups is 2. The number of phenols is 2. The van der Waals surface area contributed by atoms with Gasteiger partial charge in [0.05, 0.1) is 0 Å². The van der Waals surface area contributed by atoms with Gasteiger partial charge in [-0.25, -0.2) is 0 Å². The SMILES string of the molecule is C=Cc1cc(O)c(C2CCCCC2)c(O)c1. The number of hydrogen-bond donors (Lipinski definition) is 2. The topological polar surface area (TPSA) is 40.5 Å². The highest BCUT2D eigenvalue weighted by Crippen LogP contribution is 2.42. The van der Waals surface area contributed by atoms with Gasteiger partial charge in [-0.2, -0.15) is 0 Å². The molecule has 2 heteroatoms.